The van der Waals surface area contributed by atoms with Gasteiger partial charge >= 0.3 is 5.69 Å². The summed E-state index contributed by atoms with van der Waals surface area (Å²) < 4.78 is 14.3. The fourth-order valence-corrected chi connectivity index (χ4v) is 4.79. The molecule has 0 aliphatic rings. The summed E-state index contributed by atoms with van der Waals surface area (Å²) in [4.78, 5) is 22.6. The van der Waals surface area contributed by atoms with Crippen LogP contribution in [0.2, 0.25) is 0 Å². The Labute approximate surface area is 207 Å². The lowest BCUT2D eigenvalue weighted by atomic mass is 10.0. The van der Waals surface area contributed by atoms with E-state index in [1.54, 1.807) is 36.6 Å². The van der Waals surface area contributed by atoms with E-state index in [-0.39, 0.29) is 5.69 Å². The minimum absolute atomic E-state index is 0.105. The van der Waals surface area contributed by atoms with E-state index in [9.17, 15) is 4.79 Å². The third kappa shape index (κ3) is 3.48. The average molecular weight is 477 g/mol. The van der Waals surface area contributed by atoms with Crippen LogP contribution in [-0.2, 0) is 13.6 Å². The molecule has 0 atom stereocenters. The second kappa shape index (κ2) is 8.53. The van der Waals surface area contributed by atoms with Gasteiger partial charge in [-0.3, -0.25) is 19.1 Å². The number of ether oxygens (including phenoxy) is 2. The summed E-state index contributed by atoms with van der Waals surface area (Å²) in [6.07, 6.45) is 3.65. The van der Waals surface area contributed by atoms with Crippen molar-refractivity contribution in [2.45, 2.75) is 6.54 Å². The summed E-state index contributed by atoms with van der Waals surface area (Å²) in [6, 6.07) is 22.0. The molecule has 6 aromatic rings. The Bertz CT molecular complexity index is 1830. The molecular formula is C29H24N4O3. The fraction of sp³-hybridized carbons (Fsp3) is 0.138. The molecule has 3 aromatic carbocycles. The molecule has 0 bridgehead atoms. The van der Waals surface area contributed by atoms with Crippen LogP contribution in [0.15, 0.2) is 83.9 Å². The number of nitrogens with zero attached hydrogens (tertiary/aromatic N) is 4. The van der Waals surface area contributed by atoms with E-state index in [2.05, 4.69) is 28.2 Å². The number of para-hydroxylation sites is 1. The van der Waals surface area contributed by atoms with Gasteiger partial charge in [0.25, 0.3) is 0 Å². The van der Waals surface area contributed by atoms with Crippen LogP contribution in [0, 0.1) is 0 Å². The van der Waals surface area contributed by atoms with Gasteiger partial charge < -0.3 is 9.47 Å². The lowest BCUT2D eigenvalue weighted by molar-refractivity contribution is 0.354. The second-order valence-corrected chi connectivity index (χ2v) is 8.76. The third-order valence-corrected chi connectivity index (χ3v) is 6.68. The number of aromatic nitrogens is 4. The summed E-state index contributed by atoms with van der Waals surface area (Å²) in [5.41, 5.74) is 6.26. The summed E-state index contributed by atoms with van der Waals surface area (Å²) in [7, 11) is 4.99. The quantitative estimate of drug-likeness (QED) is 0.343. The molecule has 0 amide bonds. The Morgan fingerprint density at radius 2 is 1.61 bits per heavy atom. The van der Waals surface area contributed by atoms with E-state index in [0.717, 1.165) is 49.5 Å². The zero-order chi connectivity index (χ0) is 24.8. The number of pyridine rings is 2. The molecule has 0 saturated heterocycles. The molecule has 36 heavy (non-hydrogen) atoms. The molecule has 3 aromatic heterocycles. The van der Waals surface area contributed by atoms with Crippen molar-refractivity contribution in [2.75, 3.05) is 14.2 Å². The molecular weight excluding hydrogens is 452 g/mol. The van der Waals surface area contributed by atoms with Crippen molar-refractivity contribution in [2.24, 2.45) is 7.05 Å². The topological polar surface area (TPSA) is 71.2 Å². The van der Waals surface area contributed by atoms with E-state index < -0.39 is 0 Å². The highest BCUT2D eigenvalue weighted by molar-refractivity contribution is 6.04. The van der Waals surface area contributed by atoms with E-state index in [1.165, 1.54) is 0 Å². The molecule has 7 nitrogen and oxygen atoms in total. The van der Waals surface area contributed by atoms with Crippen molar-refractivity contribution < 1.29 is 9.47 Å². The first-order valence-electron chi connectivity index (χ1n) is 11.6. The Morgan fingerprint density at radius 3 is 2.44 bits per heavy atom. The zero-order valence-corrected chi connectivity index (χ0v) is 20.2. The zero-order valence-electron chi connectivity index (χ0n) is 20.2. The number of benzene rings is 3. The highest BCUT2D eigenvalue weighted by Crippen LogP contribution is 2.31. The first-order valence-corrected chi connectivity index (χ1v) is 11.6. The van der Waals surface area contributed by atoms with Gasteiger partial charge in [0.15, 0.2) is 11.5 Å². The van der Waals surface area contributed by atoms with Crippen LogP contribution in [-0.4, -0.2) is 33.3 Å². The number of aryl methyl sites for hydroxylation is 1. The minimum Gasteiger partial charge on any atom is -0.493 e. The van der Waals surface area contributed by atoms with Crippen LogP contribution in [0.3, 0.4) is 0 Å². The molecule has 0 fully saturated rings. The Kier molecular flexibility index (Phi) is 5.18. The van der Waals surface area contributed by atoms with Gasteiger partial charge in [-0.15, -0.1) is 0 Å². The fourth-order valence-electron chi connectivity index (χ4n) is 4.79. The number of hydrogen-bond donors (Lipinski definition) is 0. The number of rotatable bonds is 5. The van der Waals surface area contributed by atoms with Crippen LogP contribution in [0.4, 0.5) is 0 Å². The van der Waals surface area contributed by atoms with E-state index in [1.807, 2.05) is 54.7 Å². The largest absolute Gasteiger partial charge is 0.493 e. The minimum atomic E-state index is -0.105. The van der Waals surface area contributed by atoms with Crippen molar-refractivity contribution in [1.82, 2.24) is 19.1 Å². The lowest BCUT2D eigenvalue weighted by Gasteiger charge is -2.11. The molecule has 0 aliphatic heterocycles. The number of fused-ring (bicyclic) bond motifs is 4. The number of imidazole rings is 1. The normalized spacial score (nSPS) is 11.4. The van der Waals surface area contributed by atoms with Crippen LogP contribution in [0.5, 0.6) is 11.5 Å². The van der Waals surface area contributed by atoms with Crippen molar-refractivity contribution in [1.29, 1.82) is 0 Å². The lowest BCUT2D eigenvalue weighted by Crippen LogP contribution is -2.22. The van der Waals surface area contributed by atoms with Gasteiger partial charge in [0, 0.05) is 29.6 Å². The summed E-state index contributed by atoms with van der Waals surface area (Å²) in [5, 5.41) is 1.99. The summed E-state index contributed by atoms with van der Waals surface area (Å²) in [6.45, 7) is 0.386. The van der Waals surface area contributed by atoms with Gasteiger partial charge in [-0.05, 0) is 47.5 Å². The van der Waals surface area contributed by atoms with Gasteiger partial charge in [-0.2, -0.15) is 0 Å². The third-order valence-electron chi connectivity index (χ3n) is 6.68. The number of hydrogen-bond acceptors (Lipinski definition) is 5. The van der Waals surface area contributed by atoms with Crippen LogP contribution >= 0.6 is 0 Å². The molecule has 0 saturated carbocycles. The van der Waals surface area contributed by atoms with Gasteiger partial charge in [0.2, 0.25) is 0 Å². The second-order valence-electron chi connectivity index (χ2n) is 8.76. The van der Waals surface area contributed by atoms with Crippen molar-refractivity contribution in [3.63, 3.8) is 0 Å². The first-order chi connectivity index (χ1) is 17.6. The van der Waals surface area contributed by atoms with Crippen molar-refractivity contribution in [3.05, 3.63) is 95.2 Å². The standard InChI is InChI=1S/C29H24N4O3/c1-32-25-16-31-24-10-9-19(21-13-20-6-4-5-7-23(20)30-15-21)14-22(24)28(25)33(29(32)34)17-18-8-11-26(35-2)27(12-18)36-3/h4-16H,17H2,1-3H3. The molecule has 6 rings (SSSR count). The predicted octanol–water partition coefficient (Wildman–Crippen LogP) is 5.17. The van der Waals surface area contributed by atoms with Gasteiger partial charge in [-0.1, -0.05) is 30.3 Å². The highest BCUT2D eigenvalue weighted by Gasteiger charge is 2.17. The smallest absolute Gasteiger partial charge is 0.329 e. The monoisotopic (exact) mass is 476 g/mol. The van der Waals surface area contributed by atoms with Crippen LogP contribution in [0.25, 0.3) is 44.0 Å². The van der Waals surface area contributed by atoms with Gasteiger partial charge in [-0.25, -0.2) is 4.79 Å². The summed E-state index contributed by atoms with van der Waals surface area (Å²) in [5.74, 6) is 1.27. The predicted molar refractivity (Wildman–Crippen MR) is 142 cm³/mol. The SMILES string of the molecule is COc1ccc(Cn2c(=O)n(C)c3cnc4ccc(-c5cnc6ccccc6c5)cc4c32)cc1OC. The maximum atomic E-state index is 13.3. The number of methoxy groups -OCH3 is 2. The van der Waals surface area contributed by atoms with Crippen molar-refractivity contribution in [3.8, 4) is 22.6 Å². The van der Waals surface area contributed by atoms with Gasteiger partial charge in [0.1, 0.15) is 0 Å². The van der Waals surface area contributed by atoms with E-state index in [0.29, 0.717) is 18.0 Å². The Morgan fingerprint density at radius 1 is 0.806 bits per heavy atom. The van der Waals surface area contributed by atoms with Crippen LogP contribution in [0.1, 0.15) is 5.56 Å². The molecule has 0 aliphatic carbocycles. The molecule has 0 radical (unpaired) electrons. The molecule has 0 spiro atoms. The highest BCUT2D eigenvalue weighted by atomic mass is 16.5. The van der Waals surface area contributed by atoms with E-state index >= 15 is 0 Å². The maximum absolute atomic E-state index is 13.3. The van der Waals surface area contributed by atoms with E-state index in [4.69, 9.17) is 9.47 Å². The molecule has 3 heterocycles. The molecule has 0 unspecified atom stereocenters. The molecule has 7 heteroatoms. The summed E-state index contributed by atoms with van der Waals surface area (Å²) >= 11 is 0. The Hall–Kier alpha value is -4.65. The first kappa shape index (κ1) is 21.9. The molecule has 0 N–H and O–H groups in total. The maximum Gasteiger partial charge on any atom is 0.329 e. The van der Waals surface area contributed by atoms with Gasteiger partial charge in [0.05, 0.1) is 49.0 Å². The average Bonchev–Trinajstić information content (AvgIpc) is 3.17. The molecule has 178 valence electrons. The Balaban J connectivity index is 1.54. The van der Waals surface area contributed by atoms with Crippen LogP contribution < -0.4 is 15.2 Å². The van der Waals surface area contributed by atoms with Crippen molar-refractivity contribution >= 4 is 32.8 Å².